The van der Waals surface area contributed by atoms with Crippen molar-refractivity contribution in [3.63, 3.8) is 0 Å². The van der Waals surface area contributed by atoms with Crippen LogP contribution in [0.3, 0.4) is 0 Å². The van der Waals surface area contributed by atoms with Crippen LogP contribution in [0.15, 0.2) is 66.7 Å². The summed E-state index contributed by atoms with van der Waals surface area (Å²) in [4.78, 5) is 24.9. The summed E-state index contributed by atoms with van der Waals surface area (Å²) >= 11 is 0. The summed E-state index contributed by atoms with van der Waals surface area (Å²) < 4.78 is 5.61. The highest BCUT2D eigenvalue weighted by atomic mass is 16.5. The fourth-order valence-corrected chi connectivity index (χ4v) is 5.71. The molecule has 2 aliphatic rings. The van der Waals surface area contributed by atoms with Gasteiger partial charge in [-0.2, -0.15) is 0 Å². The van der Waals surface area contributed by atoms with Crippen molar-refractivity contribution in [3.05, 3.63) is 72.3 Å². The molecule has 0 radical (unpaired) electrons. The minimum atomic E-state index is 0.00237. The maximum absolute atomic E-state index is 12.8. The van der Waals surface area contributed by atoms with Crippen molar-refractivity contribution < 1.29 is 9.53 Å². The first-order chi connectivity index (χ1) is 19.9. The van der Waals surface area contributed by atoms with E-state index >= 15 is 0 Å². The second kappa shape index (κ2) is 11.7. The van der Waals surface area contributed by atoms with Gasteiger partial charge in [-0.15, -0.1) is 0 Å². The Morgan fingerprint density at radius 1 is 0.902 bits per heavy atom. The zero-order valence-electron chi connectivity index (χ0n) is 24.0. The van der Waals surface area contributed by atoms with E-state index in [2.05, 4.69) is 46.8 Å². The molecule has 6 rings (SSSR count). The minimum Gasteiger partial charge on any atom is -0.497 e. The van der Waals surface area contributed by atoms with E-state index in [1.54, 1.807) is 7.11 Å². The quantitative estimate of drug-likeness (QED) is 0.205. The second-order valence-electron chi connectivity index (χ2n) is 11.4. The number of benzene rings is 3. The molecule has 1 aliphatic carbocycles. The van der Waals surface area contributed by atoms with Crippen LogP contribution in [0.5, 0.6) is 5.75 Å². The van der Waals surface area contributed by atoms with Gasteiger partial charge in [0.25, 0.3) is 0 Å². The van der Waals surface area contributed by atoms with Gasteiger partial charge in [0.05, 0.1) is 24.7 Å². The average Bonchev–Trinajstić information content (AvgIpc) is 3.71. The van der Waals surface area contributed by atoms with Crippen molar-refractivity contribution in [2.45, 2.75) is 51.5 Å². The summed E-state index contributed by atoms with van der Waals surface area (Å²) in [5.41, 5.74) is 5.30. The molecule has 3 aromatic carbocycles. The number of piperidine rings is 1. The highest BCUT2D eigenvalue weighted by Crippen LogP contribution is 2.48. The van der Waals surface area contributed by atoms with Crippen LogP contribution >= 0.6 is 0 Å². The van der Waals surface area contributed by atoms with Crippen molar-refractivity contribution in [1.29, 1.82) is 0 Å². The number of likely N-dealkylation sites (tertiary alicyclic amines) is 1. The van der Waals surface area contributed by atoms with E-state index in [0.29, 0.717) is 36.1 Å². The Kier molecular flexibility index (Phi) is 7.74. The number of fused-ring (bicyclic) bond motifs is 1. The Bertz CT molecular complexity index is 1560. The first-order valence-electron chi connectivity index (χ1n) is 14.6. The molecule has 1 amide bonds. The van der Waals surface area contributed by atoms with Gasteiger partial charge in [0, 0.05) is 29.2 Å². The third-order valence-corrected chi connectivity index (χ3v) is 8.23. The summed E-state index contributed by atoms with van der Waals surface area (Å²) in [6.07, 6.45) is 4.73. The van der Waals surface area contributed by atoms with Gasteiger partial charge in [-0.05, 0) is 92.6 Å². The van der Waals surface area contributed by atoms with Crippen LogP contribution in [0.25, 0.3) is 11.0 Å². The van der Waals surface area contributed by atoms with E-state index < -0.39 is 0 Å². The first kappa shape index (κ1) is 27.0. The van der Waals surface area contributed by atoms with Gasteiger partial charge in [-0.3, -0.25) is 9.69 Å². The maximum Gasteiger partial charge on any atom is 0.238 e. The summed E-state index contributed by atoms with van der Waals surface area (Å²) in [6, 6.07) is 22.3. The summed E-state index contributed by atoms with van der Waals surface area (Å²) in [7, 11) is 1.70. The molecule has 1 saturated carbocycles. The number of amides is 1. The van der Waals surface area contributed by atoms with Crippen LogP contribution in [0.1, 0.15) is 51.0 Å². The van der Waals surface area contributed by atoms with Crippen LogP contribution in [0, 0.1) is 5.92 Å². The molecule has 212 valence electrons. The summed E-state index contributed by atoms with van der Waals surface area (Å²) in [6.45, 7) is 5.86. The molecule has 8 nitrogen and oxygen atoms in total. The third kappa shape index (κ3) is 6.43. The van der Waals surface area contributed by atoms with Crippen molar-refractivity contribution in [2.75, 3.05) is 36.1 Å². The molecule has 0 bridgehead atoms. The standard InChI is InChI=1S/C33H38N6O2/c1-21-15-28(21)23-16-26(19-27(17-23)41-3)36-33-32(37-29-12-4-5-13-30(29)38-33)35-25-11-8-10-24(18-25)34-31(40)20-39-14-7-6-9-22(39)2/h4-5,8,10-13,16-19,21-22,28H,6-7,9,14-15,20H2,1-3H3,(H,34,40)(H,35,37)(H,36,38)/t21-,22?,28?/m1/s1. The number of methoxy groups -OCH3 is 1. The number of para-hydroxylation sites is 2. The number of carbonyl (C=O) groups excluding carboxylic acids is 1. The number of hydrogen-bond donors (Lipinski definition) is 3. The Morgan fingerprint density at radius 2 is 1.61 bits per heavy atom. The predicted octanol–water partition coefficient (Wildman–Crippen LogP) is 7.06. The summed E-state index contributed by atoms with van der Waals surface area (Å²) in [5.74, 6) is 3.27. The molecule has 2 heterocycles. The van der Waals surface area contributed by atoms with Crippen molar-refractivity contribution in [1.82, 2.24) is 14.9 Å². The lowest BCUT2D eigenvalue weighted by Crippen LogP contribution is -2.42. The first-order valence-corrected chi connectivity index (χ1v) is 14.6. The van der Waals surface area contributed by atoms with E-state index in [0.717, 1.165) is 53.2 Å². The average molecular weight is 551 g/mol. The molecule has 2 fully saturated rings. The number of aromatic nitrogens is 2. The molecule has 3 N–H and O–H groups in total. The number of carbonyl (C=O) groups is 1. The monoisotopic (exact) mass is 550 g/mol. The molecule has 1 aromatic heterocycles. The Labute approximate surface area is 241 Å². The zero-order valence-corrected chi connectivity index (χ0v) is 24.0. The van der Waals surface area contributed by atoms with E-state index in [4.69, 9.17) is 14.7 Å². The smallest absolute Gasteiger partial charge is 0.238 e. The van der Waals surface area contributed by atoms with Gasteiger partial charge in [0.15, 0.2) is 11.6 Å². The van der Waals surface area contributed by atoms with Crippen LogP contribution in [-0.4, -0.2) is 47.0 Å². The largest absolute Gasteiger partial charge is 0.497 e. The van der Waals surface area contributed by atoms with E-state index in [1.165, 1.54) is 18.4 Å². The maximum atomic E-state index is 12.8. The van der Waals surface area contributed by atoms with Crippen molar-refractivity contribution in [2.24, 2.45) is 5.92 Å². The molecular formula is C33H38N6O2. The van der Waals surface area contributed by atoms with Crippen molar-refractivity contribution in [3.8, 4) is 5.75 Å². The van der Waals surface area contributed by atoms with Gasteiger partial charge < -0.3 is 20.7 Å². The van der Waals surface area contributed by atoms with E-state index in [9.17, 15) is 4.79 Å². The van der Waals surface area contributed by atoms with Crippen LogP contribution in [0.4, 0.5) is 28.7 Å². The van der Waals surface area contributed by atoms with Gasteiger partial charge in [0.1, 0.15) is 5.75 Å². The molecule has 41 heavy (non-hydrogen) atoms. The topological polar surface area (TPSA) is 91.4 Å². The molecule has 4 aromatic rings. The highest BCUT2D eigenvalue weighted by Gasteiger charge is 2.34. The number of nitrogens with zero attached hydrogens (tertiary/aromatic N) is 3. The third-order valence-electron chi connectivity index (χ3n) is 8.23. The molecular weight excluding hydrogens is 512 g/mol. The SMILES string of the molecule is COc1cc(Nc2nc3ccccc3nc2Nc2cccc(NC(=O)CN3CCCCC3C)c2)cc(C2C[C@H]2C)c1. The lowest BCUT2D eigenvalue weighted by molar-refractivity contribution is -0.118. The van der Waals surface area contributed by atoms with E-state index in [1.807, 2.05) is 54.6 Å². The normalized spacial score (nSPS) is 20.4. The van der Waals surface area contributed by atoms with Crippen LogP contribution in [0.2, 0.25) is 0 Å². The van der Waals surface area contributed by atoms with E-state index in [-0.39, 0.29) is 5.91 Å². The number of rotatable bonds is 9. The van der Waals surface area contributed by atoms with Gasteiger partial charge in [0.2, 0.25) is 5.91 Å². The Hall–Kier alpha value is -4.17. The Balaban J connectivity index is 1.24. The molecule has 8 heteroatoms. The van der Waals surface area contributed by atoms with Gasteiger partial charge in [-0.25, -0.2) is 9.97 Å². The van der Waals surface area contributed by atoms with Crippen LogP contribution < -0.4 is 20.7 Å². The molecule has 1 aliphatic heterocycles. The fourth-order valence-electron chi connectivity index (χ4n) is 5.71. The van der Waals surface area contributed by atoms with Crippen molar-refractivity contribution >= 4 is 45.6 Å². The minimum absolute atomic E-state index is 0.00237. The van der Waals surface area contributed by atoms with Gasteiger partial charge >= 0.3 is 0 Å². The van der Waals surface area contributed by atoms with Crippen LogP contribution in [-0.2, 0) is 4.79 Å². The molecule has 2 unspecified atom stereocenters. The Morgan fingerprint density at radius 3 is 2.29 bits per heavy atom. The predicted molar refractivity (Wildman–Crippen MR) is 166 cm³/mol. The number of nitrogens with one attached hydrogen (secondary N) is 3. The number of ether oxygens (including phenoxy) is 1. The zero-order chi connectivity index (χ0) is 28.3. The fraction of sp³-hybridized carbons (Fsp3) is 0.364. The number of anilines is 5. The lowest BCUT2D eigenvalue weighted by atomic mass is 10.0. The lowest BCUT2D eigenvalue weighted by Gasteiger charge is -2.32. The van der Waals surface area contributed by atoms with Gasteiger partial charge in [-0.1, -0.05) is 31.5 Å². The highest BCUT2D eigenvalue weighted by molar-refractivity contribution is 5.93. The molecule has 0 spiro atoms. The second-order valence-corrected chi connectivity index (χ2v) is 11.4. The summed E-state index contributed by atoms with van der Waals surface area (Å²) in [5, 5.41) is 10.0. The molecule has 1 saturated heterocycles. The number of hydrogen-bond acceptors (Lipinski definition) is 7. The molecule has 3 atom stereocenters.